The van der Waals surface area contributed by atoms with Crippen LogP contribution in [0.25, 0.3) is 0 Å². The van der Waals surface area contributed by atoms with Gasteiger partial charge in [0.1, 0.15) is 4.90 Å². The molecule has 7 nitrogen and oxygen atoms in total. The second-order valence-corrected chi connectivity index (χ2v) is 6.01. The molecule has 0 saturated carbocycles. The number of aryl methyl sites for hydroxylation is 1. The number of aromatic amines is 1. The fourth-order valence-corrected chi connectivity index (χ4v) is 3.03. The van der Waals surface area contributed by atoms with Crippen LogP contribution >= 0.6 is 0 Å². The minimum Gasteiger partial charge on any atom is -0.342 e. The SMILES string of the molecule is Cc1[nH]ncc1S(=O)(=O)NCC(=O)N1CCCC1. The van der Waals surface area contributed by atoms with Crippen molar-refractivity contribution in [2.75, 3.05) is 19.6 Å². The molecule has 0 unspecified atom stereocenters. The quantitative estimate of drug-likeness (QED) is 0.781. The molecule has 100 valence electrons. The van der Waals surface area contributed by atoms with E-state index in [2.05, 4.69) is 14.9 Å². The van der Waals surface area contributed by atoms with Gasteiger partial charge in [-0.1, -0.05) is 0 Å². The third-order valence-electron chi connectivity index (χ3n) is 2.95. The van der Waals surface area contributed by atoms with E-state index in [9.17, 15) is 13.2 Å². The lowest BCUT2D eigenvalue weighted by atomic mass is 10.4. The number of carbonyl (C=O) groups is 1. The van der Waals surface area contributed by atoms with Gasteiger partial charge in [0.25, 0.3) is 0 Å². The number of nitrogens with one attached hydrogen (secondary N) is 2. The van der Waals surface area contributed by atoms with Crippen molar-refractivity contribution in [3.05, 3.63) is 11.9 Å². The van der Waals surface area contributed by atoms with Gasteiger partial charge in [0, 0.05) is 13.1 Å². The molecule has 0 aliphatic carbocycles. The van der Waals surface area contributed by atoms with E-state index in [1.54, 1.807) is 11.8 Å². The molecule has 0 spiro atoms. The molecule has 1 saturated heterocycles. The second-order valence-electron chi connectivity index (χ2n) is 4.27. The smallest absolute Gasteiger partial charge is 0.244 e. The number of hydrogen-bond donors (Lipinski definition) is 2. The first-order chi connectivity index (χ1) is 8.50. The van der Waals surface area contributed by atoms with E-state index in [0.29, 0.717) is 18.8 Å². The summed E-state index contributed by atoms with van der Waals surface area (Å²) in [5.41, 5.74) is 0.455. The van der Waals surface area contributed by atoms with Crippen molar-refractivity contribution in [2.45, 2.75) is 24.7 Å². The zero-order chi connectivity index (χ0) is 13.2. The molecule has 0 radical (unpaired) electrons. The van der Waals surface area contributed by atoms with Crippen molar-refractivity contribution in [3.63, 3.8) is 0 Å². The van der Waals surface area contributed by atoms with Crippen LogP contribution in [0.4, 0.5) is 0 Å². The van der Waals surface area contributed by atoms with Gasteiger partial charge in [-0.2, -0.15) is 5.10 Å². The zero-order valence-corrected chi connectivity index (χ0v) is 11.0. The fraction of sp³-hybridized carbons (Fsp3) is 0.600. The minimum atomic E-state index is -3.66. The average molecular weight is 272 g/mol. The lowest BCUT2D eigenvalue weighted by molar-refractivity contribution is -0.128. The van der Waals surface area contributed by atoms with Crippen LogP contribution in [-0.4, -0.2) is 49.1 Å². The van der Waals surface area contributed by atoms with Gasteiger partial charge in [-0.15, -0.1) is 0 Å². The van der Waals surface area contributed by atoms with E-state index in [4.69, 9.17) is 0 Å². The van der Waals surface area contributed by atoms with Gasteiger partial charge in [-0.05, 0) is 19.8 Å². The molecule has 1 aromatic rings. The Balaban J connectivity index is 1.97. The predicted octanol–water partition coefficient (Wildman–Crippen LogP) is -0.381. The summed E-state index contributed by atoms with van der Waals surface area (Å²) in [4.78, 5) is 13.5. The third-order valence-corrected chi connectivity index (χ3v) is 4.46. The number of nitrogens with zero attached hydrogens (tertiary/aromatic N) is 2. The largest absolute Gasteiger partial charge is 0.342 e. The number of amides is 1. The highest BCUT2D eigenvalue weighted by atomic mass is 32.2. The summed E-state index contributed by atoms with van der Waals surface area (Å²) in [6.07, 6.45) is 3.21. The Morgan fingerprint density at radius 3 is 2.72 bits per heavy atom. The highest BCUT2D eigenvalue weighted by Gasteiger charge is 2.22. The lowest BCUT2D eigenvalue weighted by Gasteiger charge is -2.15. The van der Waals surface area contributed by atoms with Gasteiger partial charge in [0.05, 0.1) is 18.4 Å². The van der Waals surface area contributed by atoms with Gasteiger partial charge < -0.3 is 4.90 Å². The van der Waals surface area contributed by atoms with Crippen molar-refractivity contribution in [2.24, 2.45) is 0 Å². The van der Waals surface area contributed by atoms with Crippen LogP contribution < -0.4 is 4.72 Å². The standard InChI is InChI=1S/C10H16N4O3S/c1-8-9(6-11-13-8)18(16,17)12-7-10(15)14-4-2-3-5-14/h6,12H,2-5,7H2,1H3,(H,11,13). The molecule has 1 amide bonds. The molecule has 2 heterocycles. The van der Waals surface area contributed by atoms with Crippen molar-refractivity contribution >= 4 is 15.9 Å². The van der Waals surface area contributed by atoms with Crippen LogP contribution in [0.1, 0.15) is 18.5 Å². The highest BCUT2D eigenvalue weighted by Crippen LogP contribution is 2.11. The number of sulfonamides is 1. The Hall–Kier alpha value is -1.41. The first-order valence-corrected chi connectivity index (χ1v) is 7.26. The number of likely N-dealkylation sites (tertiary alicyclic amines) is 1. The zero-order valence-electron chi connectivity index (χ0n) is 10.1. The van der Waals surface area contributed by atoms with Crippen molar-refractivity contribution in [3.8, 4) is 0 Å². The van der Waals surface area contributed by atoms with E-state index in [-0.39, 0.29) is 17.3 Å². The van der Waals surface area contributed by atoms with E-state index < -0.39 is 10.0 Å². The number of rotatable bonds is 4. The minimum absolute atomic E-state index is 0.0803. The Bertz CT molecular complexity index is 531. The number of aromatic nitrogens is 2. The third kappa shape index (κ3) is 2.70. The molecule has 1 aromatic heterocycles. The first-order valence-electron chi connectivity index (χ1n) is 5.78. The summed E-state index contributed by atoms with van der Waals surface area (Å²) in [7, 11) is -3.66. The molecule has 0 atom stereocenters. The molecule has 1 fully saturated rings. The van der Waals surface area contributed by atoms with Crippen LogP contribution in [-0.2, 0) is 14.8 Å². The van der Waals surface area contributed by atoms with E-state index in [1.807, 2.05) is 0 Å². The predicted molar refractivity (Wildman–Crippen MR) is 64.3 cm³/mol. The Morgan fingerprint density at radius 2 is 2.17 bits per heavy atom. The maximum absolute atomic E-state index is 11.9. The van der Waals surface area contributed by atoms with Gasteiger partial charge in [0.2, 0.25) is 15.9 Å². The lowest BCUT2D eigenvalue weighted by Crippen LogP contribution is -2.38. The molecule has 0 aromatic carbocycles. The van der Waals surface area contributed by atoms with Crippen LogP contribution in [0, 0.1) is 6.92 Å². The van der Waals surface area contributed by atoms with Crippen LogP contribution in [0.5, 0.6) is 0 Å². The van der Waals surface area contributed by atoms with Gasteiger partial charge >= 0.3 is 0 Å². The maximum Gasteiger partial charge on any atom is 0.244 e. The van der Waals surface area contributed by atoms with Crippen LogP contribution in [0.15, 0.2) is 11.1 Å². The van der Waals surface area contributed by atoms with Crippen LogP contribution in [0.2, 0.25) is 0 Å². The average Bonchev–Trinajstić information content (AvgIpc) is 2.96. The number of H-pyrrole nitrogens is 1. The van der Waals surface area contributed by atoms with Gasteiger partial charge in [-0.25, -0.2) is 13.1 Å². The Labute approximate surface area is 106 Å². The maximum atomic E-state index is 11.9. The van der Waals surface area contributed by atoms with Crippen molar-refractivity contribution in [1.29, 1.82) is 0 Å². The highest BCUT2D eigenvalue weighted by molar-refractivity contribution is 7.89. The summed E-state index contributed by atoms with van der Waals surface area (Å²) in [5, 5.41) is 6.21. The summed E-state index contributed by atoms with van der Waals surface area (Å²) < 4.78 is 26.1. The molecular formula is C10H16N4O3S. The molecule has 2 N–H and O–H groups in total. The molecule has 8 heteroatoms. The molecule has 1 aliphatic rings. The Kier molecular flexibility index (Phi) is 3.67. The summed E-state index contributed by atoms with van der Waals surface area (Å²) in [5.74, 6) is -0.183. The number of carbonyl (C=O) groups excluding carboxylic acids is 1. The van der Waals surface area contributed by atoms with Gasteiger partial charge in [0.15, 0.2) is 0 Å². The van der Waals surface area contributed by atoms with E-state index >= 15 is 0 Å². The Morgan fingerprint density at radius 1 is 1.50 bits per heavy atom. The summed E-state index contributed by atoms with van der Waals surface area (Å²) >= 11 is 0. The van der Waals surface area contributed by atoms with Crippen molar-refractivity contribution < 1.29 is 13.2 Å². The molecular weight excluding hydrogens is 256 g/mol. The second kappa shape index (κ2) is 5.07. The molecule has 18 heavy (non-hydrogen) atoms. The van der Waals surface area contributed by atoms with Gasteiger partial charge in [-0.3, -0.25) is 9.89 Å². The molecule has 1 aliphatic heterocycles. The normalized spacial score (nSPS) is 16.2. The number of hydrogen-bond acceptors (Lipinski definition) is 4. The summed E-state index contributed by atoms with van der Waals surface area (Å²) in [6, 6.07) is 0. The van der Waals surface area contributed by atoms with Crippen molar-refractivity contribution in [1.82, 2.24) is 19.8 Å². The first kappa shape index (κ1) is 13.0. The van der Waals surface area contributed by atoms with Crippen LogP contribution in [0.3, 0.4) is 0 Å². The van der Waals surface area contributed by atoms with E-state index in [1.165, 1.54) is 6.20 Å². The topological polar surface area (TPSA) is 95.2 Å². The monoisotopic (exact) mass is 272 g/mol. The van der Waals surface area contributed by atoms with E-state index in [0.717, 1.165) is 12.8 Å². The summed E-state index contributed by atoms with van der Waals surface area (Å²) in [6.45, 7) is 2.84. The molecule has 0 bridgehead atoms. The fourth-order valence-electron chi connectivity index (χ4n) is 1.92. The molecule has 2 rings (SSSR count).